The van der Waals surface area contributed by atoms with Crippen molar-refractivity contribution in [1.29, 1.82) is 5.26 Å². The number of nitriles is 1. The normalized spacial score (nSPS) is 9.62. The summed E-state index contributed by atoms with van der Waals surface area (Å²) in [6.07, 6.45) is 0.105. The van der Waals surface area contributed by atoms with Gasteiger partial charge in [-0.25, -0.2) is 0 Å². The highest BCUT2D eigenvalue weighted by atomic mass is 79.9. The van der Waals surface area contributed by atoms with Gasteiger partial charge in [-0.05, 0) is 17.2 Å². The summed E-state index contributed by atoms with van der Waals surface area (Å²) in [5, 5.41) is 9.57. The second-order valence-corrected chi connectivity index (χ2v) is 4.18. The van der Waals surface area contributed by atoms with Gasteiger partial charge in [-0.1, -0.05) is 22.0 Å². The van der Waals surface area contributed by atoms with Gasteiger partial charge >= 0.3 is 5.97 Å². The van der Waals surface area contributed by atoms with E-state index in [0.29, 0.717) is 16.5 Å². The predicted molar refractivity (Wildman–Crippen MR) is 66.8 cm³/mol. The van der Waals surface area contributed by atoms with Crippen LogP contribution in [-0.4, -0.2) is 13.1 Å². The zero-order valence-corrected chi connectivity index (χ0v) is 11.1. The lowest BCUT2D eigenvalue weighted by molar-refractivity contribution is -0.139. The quantitative estimate of drug-likeness (QED) is 0.530. The fourth-order valence-corrected chi connectivity index (χ4v) is 2.22. The molecular formula is C11H10BrNO2S. The Kier molecular flexibility index (Phi) is 4.84. The van der Waals surface area contributed by atoms with Crippen molar-refractivity contribution in [2.75, 3.05) is 7.11 Å². The van der Waals surface area contributed by atoms with Gasteiger partial charge < -0.3 is 4.74 Å². The van der Waals surface area contributed by atoms with Crippen LogP contribution >= 0.6 is 28.6 Å². The number of methoxy groups -OCH3 is 1. The van der Waals surface area contributed by atoms with Crippen molar-refractivity contribution < 1.29 is 9.53 Å². The third-order valence-corrected chi connectivity index (χ3v) is 3.15. The average molecular weight is 300 g/mol. The molecular weight excluding hydrogens is 290 g/mol. The number of esters is 1. The molecule has 84 valence electrons. The molecule has 0 spiro atoms. The van der Waals surface area contributed by atoms with Crippen LogP contribution in [0.2, 0.25) is 0 Å². The Morgan fingerprint density at radius 1 is 1.56 bits per heavy atom. The fourth-order valence-electron chi connectivity index (χ4n) is 1.27. The van der Waals surface area contributed by atoms with E-state index >= 15 is 0 Å². The summed E-state index contributed by atoms with van der Waals surface area (Å²) in [5.41, 5.74) is 2.07. The number of hydrogen-bond donors (Lipinski definition) is 1. The summed E-state index contributed by atoms with van der Waals surface area (Å²) in [6, 6.07) is 5.51. The zero-order valence-electron chi connectivity index (χ0n) is 8.66. The summed E-state index contributed by atoms with van der Waals surface area (Å²) in [5.74, 6) is -0.357. The molecule has 0 amide bonds. The second-order valence-electron chi connectivity index (χ2n) is 3.14. The van der Waals surface area contributed by atoms with Crippen LogP contribution in [0.4, 0.5) is 0 Å². The Balaban J connectivity index is 3.16. The molecule has 0 aliphatic heterocycles. The molecule has 0 saturated carbocycles. The highest BCUT2D eigenvalue weighted by Gasteiger charge is 2.11. The van der Waals surface area contributed by atoms with E-state index in [1.54, 1.807) is 12.1 Å². The molecule has 1 rings (SSSR count). The van der Waals surface area contributed by atoms with E-state index in [0.717, 1.165) is 10.5 Å². The number of carbonyl (C=O) groups excluding carboxylic acids is 1. The zero-order chi connectivity index (χ0) is 12.1. The lowest BCUT2D eigenvalue weighted by atomic mass is 10.0. The molecule has 3 nitrogen and oxygen atoms in total. The van der Waals surface area contributed by atoms with E-state index in [9.17, 15) is 4.79 Å². The molecule has 0 aromatic heterocycles. The first-order valence-corrected chi connectivity index (χ1v) is 6.07. The summed E-state index contributed by atoms with van der Waals surface area (Å²) < 4.78 is 4.58. The SMILES string of the molecule is COC(=O)Cc1cc(CBr)c(S)cc1C#N. The molecule has 1 aromatic carbocycles. The number of benzene rings is 1. The molecule has 0 radical (unpaired) electrons. The molecule has 0 saturated heterocycles. The molecule has 0 bridgehead atoms. The first-order valence-electron chi connectivity index (χ1n) is 4.50. The van der Waals surface area contributed by atoms with Gasteiger partial charge in [0.1, 0.15) is 0 Å². The topological polar surface area (TPSA) is 50.1 Å². The van der Waals surface area contributed by atoms with E-state index < -0.39 is 0 Å². The van der Waals surface area contributed by atoms with Crippen LogP contribution in [0.5, 0.6) is 0 Å². The van der Waals surface area contributed by atoms with E-state index in [-0.39, 0.29) is 12.4 Å². The van der Waals surface area contributed by atoms with Crippen molar-refractivity contribution in [3.63, 3.8) is 0 Å². The molecule has 0 heterocycles. The van der Waals surface area contributed by atoms with Gasteiger partial charge in [-0.15, -0.1) is 12.6 Å². The van der Waals surface area contributed by atoms with Crippen LogP contribution in [0.15, 0.2) is 17.0 Å². The minimum absolute atomic E-state index is 0.105. The number of rotatable bonds is 3. The van der Waals surface area contributed by atoms with Crippen LogP contribution in [0, 0.1) is 11.3 Å². The van der Waals surface area contributed by atoms with Crippen LogP contribution < -0.4 is 0 Å². The van der Waals surface area contributed by atoms with Gasteiger partial charge in [0.05, 0.1) is 25.2 Å². The Morgan fingerprint density at radius 3 is 2.75 bits per heavy atom. The van der Waals surface area contributed by atoms with E-state index in [4.69, 9.17) is 5.26 Å². The summed E-state index contributed by atoms with van der Waals surface area (Å²) >= 11 is 7.59. The number of alkyl halides is 1. The summed E-state index contributed by atoms with van der Waals surface area (Å²) in [6.45, 7) is 0. The first kappa shape index (κ1) is 13.1. The molecule has 5 heteroatoms. The van der Waals surface area contributed by atoms with Gasteiger partial charge in [-0.2, -0.15) is 5.26 Å². The third kappa shape index (κ3) is 3.00. The molecule has 0 aliphatic rings. The van der Waals surface area contributed by atoms with E-state index in [2.05, 4.69) is 33.3 Å². The molecule has 0 N–H and O–H groups in total. The highest BCUT2D eigenvalue weighted by molar-refractivity contribution is 9.08. The van der Waals surface area contributed by atoms with Crippen LogP contribution in [0.25, 0.3) is 0 Å². The van der Waals surface area contributed by atoms with Crippen LogP contribution in [0.3, 0.4) is 0 Å². The first-order chi connectivity index (χ1) is 7.62. The number of thiol groups is 1. The van der Waals surface area contributed by atoms with Gasteiger partial charge in [0, 0.05) is 10.2 Å². The molecule has 0 aliphatic carbocycles. The number of halogens is 1. The standard InChI is InChI=1S/C11H10BrNO2S/c1-15-11(14)4-7-2-8(5-12)10(16)3-9(7)6-13/h2-3,16H,4-5H2,1H3. The van der Waals surface area contributed by atoms with Crippen molar-refractivity contribution in [2.45, 2.75) is 16.6 Å². The van der Waals surface area contributed by atoms with Gasteiger partial charge in [0.15, 0.2) is 0 Å². The number of carbonyl (C=O) groups is 1. The van der Waals surface area contributed by atoms with Crippen molar-refractivity contribution in [2.24, 2.45) is 0 Å². The number of hydrogen-bond acceptors (Lipinski definition) is 4. The molecule has 0 unspecified atom stereocenters. The van der Waals surface area contributed by atoms with Crippen molar-refractivity contribution in [3.05, 3.63) is 28.8 Å². The minimum Gasteiger partial charge on any atom is -0.469 e. The van der Waals surface area contributed by atoms with E-state index in [1.807, 2.05) is 6.07 Å². The smallest absolute Gasteiger partial charge is 0.310 e. The maximum absolute atomic E-state index is 11.2. The average Bonchev–Trinajstić information content (AvgIpc) is 2.30. The fraction of sp³-hybridized carbons (Fsp3) is 0.273. The van der Waals surface area contributed by atoms with Crippen molar-refractivity contribution >= 4 is 34.5 Å². The predicted octanol–water partition coefficient (Wildman–Crippen LogP) is 2.46. The lowest BCUT2D eigenvalue weighted by Crippen LogP contribution is -2.06. The minimum atomic E-state index is -0.357. The monoisotopic (exact) mass is 299 g/mol. The third-order valence-electron chi connectivity index (χ3n) is 2.13. The van der Waals surface area contributed by atoms with Gasteiger partial charge in [0.25, 0.3) is 0 Å². The Bertz CT molecular complexity index is 454. The van der Waals surface area contributed by atoms with E-state index in [1.165, 1.54) is 7.11 Å². The van der Waals surface area contributed by atoms with Gasteiger partial charge in [-0.3, -0.25) is 4.79 Å². The summed E-state index contributed by atoms with van der Waals surface area (Å²) in [4.78, 5) is 11.9. The van der Waals surface area contributed by atoms with Crippen LogP contribution in [-0.2, 0) is 21.3 Å². The van der Waals surface area contributed by atoms with Crippen molar-refractivity contribution in [3.8, 4) is 6.07 Å². The van der Waals surface area contributed by atoms with Crippen LogP contribution in [0.1, 0.15) is 16.7 Å². The number of nitrogens with zero attached hydrogens (tertiary/aromatic N) is 1. The van der Waals surface area contributed by atoms with Crippen molar-refractivity contribution in [1.82, 2.24) is 0 Å². The maximum Gasteiger partial charge on any atom is 0.310 e. The molecule has 16 heavy (non-hydrogen) atoms. The molecule has 0 atom stereocenters. The second kappa shape index (κ2) is 5.92. The molecule has 1 aromatic rings. The Hall–Kier alpha value is -0.990. The maximum atomic E-state index is 11.2. The Labute approximate surface area is 108 Å². The highest BCUT2D eigenvalue weighted by Crippen LogP contribution is 2.22. The molecule has 0 fully saturated rings. The largest absolute Gasteiger partial charge is 0.469 e. The Morgan fingerprint density at radius 2 is 2.25 bits per heavy atom. The van der Waals surface area contributed by atoms with Gasteiger partial charge in [0.2, 0.25) is 0 Å². The lowest BCUT2D eigenvalue weighted by Gasteiger charge is -2.07. The summed E-state index contributed by atoms with van der Waals surface area (Å²) in [7, 11) is 1.33. The number of ether oxygens (including phenoxy) is 1.